The van der Waals surface area contributed by atoms with Crippen molar-refractivity contribution in [3.05, 3.63) is 95.1 Å². The summed E-state index contributed by atoms with van der Waals surface area (Å²) in [6.07, 6.45) is 0.138. The Morgan fingerprint density at radius 1 is 0.871 bits per heavy atom. The SMILES string of the molecule is Cc1ccc(NC(=O)C2(c3ccc(C(C)C)cc3)CC(=O)N2c2ccc(C)cc2)cc1. The van der Waals surface area contributed by atoms with Crippen LogP contribution >= 0.6 is 0 Å². The van der Waals surface area contributed by atoms with Crippen molar-refractivity contribution in [2.75, 3.05) is 10.2 Å². The summed E-state index contributed by atoms with van der Waals surface area (Å²) in [4.78, 5) is 28.2. The summed E-state index contributed by atoms with van der Waals surface area (Å²) in [5, 5.41) is 3.05. The Morgan fingerprint density at radius 3 is 1.94 bits per heavy atom. The van der Waals surface area contributed by atoms with Gasteiger partial charge in [0.25, 0.3) is 5.91 Å². The fourth-order valence-electron chi connectivity index (χ4n) is 4.12. The van der Waals surface area contributed by atoms with Gasteiger partial charge in [-0.2, -0.15) is 0 Å². The Hall–Kier alpha value is -3.40. The van der Waals surface area contributed by atoms with Crippen LogP contribution in [-0.2, 0) is 15.1 Å². The molecule has 31 heavy (non-hydrogen) atoms. The average molecular weight is 413 g/mol. The minimum atomic E-state index is -1.08. The fraction of sp³-hybridized carbons (Fsp3) is 0.259. The molecule has 0 saturated carbocycles. The molecular formula is C27H28N2O2. The molecular weight excluding hydrogens is 384 g/mol. The maximum absolute atomic E-state index is 13.7. The lowest BCUT2D eigenvalue weighted by molar-refractivity contribution is -0.137. The monoisotopic (exact) mass is 412 g/mol. The molecule has 1 aliphatic heterocycles. The molecule has 4 rings (SSSR count). The van der Waals surface area contributed by atoms with E-state index in [1.54, 1.807) is 4.90 Å². The molecule has 1 N–H and O–H groups in total. The zero-order chi connectivity index (χ0) is 22.2. The molecule has 1 fully saturated rings. The maximum Gasteiger partial charge on any atom is 0.255 e. The Kier molecular flexibility index (Phi) is 5.40. The second-order valence-electron chi connectivity index (χ2n) is 8.70. The molecule has 0 spiro atoms. The molecule has 2 amide bonds. The number of hydrogen-bond donors (Lipinski definition) is 1. The highest BCUT2D eigenvalue weighted by Gasteiger charge is 2.58. The Balaban J connectivity index is 1.78. The number of amides is 2. The van der Waals surface area contributed by atoms with E-state index in [4.69, 9.17) is 0 Å². The number of carbonyl (C=O) groups is 2. The largest absolute Gasteiger partial charge is 0.324 e. The van der Waals surface area contributed by atoms with Crippen molar-refractivity contribution in [2.45, 2.75) is 45.6 Å². The third-order valence-electron chi connectivity index (χ3n) is 6.07. The van der Waals surface area contributed by atoms with E-state index in [1.807, 2.05) is 74.5 Å². The van der Waals surface area contributed by atoms with Gasteiger partial charge in [-0.3, -0.25) is 14.5 Å². The van der Waals surface area contributed by atoms with Crippen LogP contribution < -0.4 is 10.2 Å². The Labute approximate surface area is 183 Å². The van der Waals surface area contributed by atoms with Crippen molar-refractivity contribution in [1.82, 2.24) is 0 Å². The fourth-order valence-corrected chi connectivity index (χ4v) is 4.12. The van der Waals surface area contributed by atoms with Crippen LogP contribution in [0.25, 0.3) is 0 Å². The van der Waals surface area contributed by atoms with Crippen molar-refractivity contribution in [3.63, 3.8) is 0 Å². The summed E-state index contributed by atoms with van der Waals surface area (Å²) in [6, 6.07) is 23.5. The first kappa shape index (κ1) is 20.9. The number of nitrogens with zero attached hydrogens (tertiary/aromatic N) is 1. The standard InChI is InChI=1S/C27H28N2O2/c1-18(2)21-9-11-22(12-10-21)27(26(31)28-23-13-5-19(3)6-14-23)17-25(30)29(27)24-15-7-20(4)8-16-24/h5-16,18H,17H2,1-4H3,(H,28,31). The molecule has 0 bridgehead atoms. The molecule has 4 heteroatoms. The minimum Gasteiger partial charge on any atom is -0.324 e. The number of aryl methyl sites for hydroxylation is 2. The lowest BCUT2D eigenvalue weighted by Gasteiger charge is -2.50. The van der Waals surface area contributed by atoms with Crippen molar-refractivity contribution in [3.8, 4) is 0 Å². The van der Waals surface area contributed by atoms with Gasteiger partial charge < -0.3 is 5.32 Å². The smallest absolute Gasteiger partial charge is 0.255 e. The first-order valence-electron chi connectivity index (χ1n) is 10.7. The number of nitrogens with one attached hydrogen (secondary N) is 1. The zero-order valence-electron chi connectivity index (χ0n) is 18.5. The molecule has 1 saturated heterocycles. The molecule has 4 nitrogen and oxygen atoms in total. The summed E-state index contributed by atoms with van der Waals surface area (Å²) < 4.78 is 0. The van der Waals surface area contributed by atoms with Gasteiger partial charge in [-0.05, 0) is 55.2 Å². The molecule has 0 radical (unpaired) electrons. The normalized spacial score (nSPS) is 18.1. The van der Waals surface area contributed by atoms with Gasteiger partial charge in [0.15, 0.2) is 5.54 Å². The minimum absolute atomic E-state index is 0.0594. The van der Waals surface area contributed by atoms with E-state index < -0.39 is 5.54 Å². The van der Waals surface area contributed by atoms with E-state index in [-0.39, 0.29) is 18.2 Å². The molecule has 1 atom stereocenters. The predicted molar refractivity (Wildman–Crippen MR) is 125 cm³/mol. The molecule has 0 aromatic heterocycles. The summed E-state index contributed by atoms with van der Waals surface area (Å²) in [7, 11) is 0. The van der Waals surface area contributed by atoms with Crippen LogP contribution in [-0.4, -0.2) is 11.8 Å². The first-order chi connectivity index (χ1) is 14.8. The van der Waals surface area contributed by atoms with Gasteiger partial charge in [0, 0.05) is 11.4 Å². The number of benzene rings is 3. The van der Waals surface area contributed by atoms with Gasteiger partial charge >= 0.3 is 0 Å². The van der Waals surface area contributed by atoms with Crippen LogP contribution in [0.3, 0.4) is 0 Å². The van der Waals surface area contributed by atoms with Crippen LogP contribution in [0.5, 0.6) is 0 Å². The Morgan fingerprint density at radius 2 is 1.42 bits per heavy atom. The van der Waals surface area contributed by atoms with E-state index in [0.717, 1.165) is 28.1 Å². The number of rotatable bonds is 5. The quantitative estimate of drug-likeness (QED) is 0.547. The lowest BCUT2D eigenvalue weighted by atomic mass is 9.75. The number of carbonyl (C=O) groups excluding carboxylic acids is 2. The van der Waals surface area contributed by atoms with Crippen LogP contribution in [0, 0.1) is 13.8 Å². The van der Waals surface area contributed by atoms with Gasteiger partial charge in [0.1, 0.15) is 0 Å². The van der Waals surface area contributed by atoms with Gasteiger partial charge in [0.2, 0.25) is 5.91 Å². The topological polar surface area (TPSA) is 49.4 Å². The van der Waals surface area contributed by atoms with E-state index in [1.165, 1.54) is 5.56 Å². The summed E-state index contributed by atoms with van der Waals surface area (Å²) >= 11 is 0. The molecule has 0 aliphatic carbocycles. The molecule has 1 unspecified atom stereocenters. The van der Waals surface area contributed by atoms with Crippen molar-refractivity contribution >= 4 is 23.2 Å². The highest BCUT2D eigenvalue weighted by Crippen LogP contribution is 2.46. The molecule has 1 aliphatic rings. The van der Waals surface area contributed by atoms with Crippen molar-refractivity contribution in [1.29, 1.82) is 0 Å². The van der Waals surface area contributed by atoms with Crippen LogP contribution in [0.2, 0.25) is 0 Å². The van der Waals surface area contributed by atoms with Gasteiger partial charge in [-0.25, -0.2) is 0 Å². The van der Waals surface area contributed by atoms with E-state index in [2.05, 4.69) is 31.3 Å². The van der Waals surface area contributed by atoms with Crippen LogP contribution in [0.1, 0.15) is 48.4 Å². The molecule has 158 valence electrons. The summed E-state index contributed by atoms with van der Waals surface area (Å²) in [6.45, 7) is 8.29. The lowest BCUT2D eigenvalue weighted by Crippen LogP contribution is -2.67. The second kappa shape index (κ2) is 8.03. The Bertz CT molecular complexity index is 1100. The first-order valence-corrected chi connectivity index (χ1v) is 10.7. The van der Waals surface area contributed by atoms with Crippen molar-refractivity contribution in [2.24, 2.45) is 0 Å². The molecule has 3 aromatic carbocycles. The summed E-state index contributed by atoms with van der Waals surface area (Å²) in [5.74, 6) is 0.132. The van der Waals surface area contributed by atoms with Crippen molar-refractivity contribution < 1.29 is 9.59 Å². The van der Waals surface area contributed by atoms with Crippen LogP contribution in [0.15, 0.2) is 72.8 Å². The number of hydrogen-bond acceptors (Lipinski definition) is 2. The third-order valence-corrected chi connectivity index (χ3v) is 6.07. The maximum atomic E-state index is 13.7. The predicted octanol–water partition coefficient (Wildman–Crippen LogP) is 5.70. The van der Waals surface area contributed by atoms with Gasteiger partial charge in [0.05, 0.1) is 6.42 Å². The average Bonchev–Trinajstić information content (AvgIpc) is 2.75. The number of anilines is 2. The second-order valence-corrected chi connectivity index (χ2v) is 8.70. The third kappa shape index (κ3) is 3.74. The van der Waals surface area contributed by atoms with E-state index >= 15 is 0 Å². The summed E-state index contributed by atoms with van der Waals surface area (Å²) in [5.41, 5.74) is 4.62. The van der Waals surface area contributed by atoms with Crippen LogP contribution in [0.4, 0.5) is 11.4 Å². The van der Waals surface area contributed by atoms with Gasteiger partial charge in [-0.15, -0.1) is 0 Å². The van der Waals surface area contributed by atoms with E-state index in [0.29, 0.717) is 5.92 Å². The highest BCUT2D eigenvalue weighted by molar-refractivity contribution is 6.17. The van der Waals surface area contributed by atoms with Gasteiger partial charge in [-0.1, -0.05) is 73.5 Å². The highest BCUT2D eigenvalue weighted by atomic mass is 16.2. The zero-order valence-corrected chi connectivity index (χ0v) is 18.5. The van der Waals surface area contributed by atoms with E-state index in [9.17, 15) is 9.59 Å². The molecule has 1 heterocycles. The number of β-lactam (4-membered cyclic amide) rings is 1. The molecule has 3 aromatic rings.